The summed E-state index contributed by atoms with van der Waals surface area (Å²) in [5.41, 5.74) is 10.5. The van der Waals surface area contributed by atoms with E-state index in [0.29, 0.717) is 18.8 Å². The van der Waals surface area contributed by atoms with Crippen LogP contribution in [0.4, 0.5) is 0 Å². The monoisotopic (exact) mass is 266 g/mol. The summed E-state index contributed by atoms with van der Waals surface area (Å²) in [6.07, 6.45) is 5.01. The van der Waals surface area contributed by atoms with E-state index in [-0.39, 0.29) is 5.91 Å². The summed E-state index contributed by atoms with van der Waals surface area (Å²) in [7, 11) is 0. The van der Waals surface area contributed by atoms with Crippen LogP contribution in [0.2, 0.25) is 0 Å². The SMILES string of the molecule is CCC(N)(C#N)CCCN1CCC(CC(N)=O)CC1. The number of nitrogens with two attached hydrogens (primary N) is 2. The maximum atomic E-state index is 10.9. The van der Waals surface area contributed by atoms with Gasteiger partial charge in [-0.3, -0.25) is 4.79 Å². The first kappa shape index (κ1) is 15.9. The van der Waals surface area contributed by atoms with Crippen LogP contribution < -0.4 is 11.5 Å². The average molecular weight is 266 g/mol. The zero-order valence-electron chi connectivity index (χ0n) is 11.9. The number of carbonyl (C=O) groups excluding carboxylic acids is 1. The lowest BCUT2D eigenvalue weighted by molar-refractivity contribution is -0.119. The van der Waals surface area contributed by atoms with Crippen molar-refractivity contribution in [3.05, 3.63) is 0 Å². The number of carbonyl (C=O) groups is 1. The van der Waals surface area contributed by atoms with Gasteiger partial charge in [0.2, 0.25) is 5.91 Å². The van der Waals surface area contributed by atoms with Gasteiger partial charge in [0.1, 0.15) is 5.54 Å². The van der Waals surface area contributed by atoms with Crippen LogP contribution in [-0.4, -0.2) is 36.0 Å². The van der Waals surface area contributed by atoms with E-state index in [9.17, 15) is 4.79 Å². The van der Waals surface area contributed by atoms with Gasteiger partial charge in [-0.15, -0.1) is 0 Å². The molecule has 5 heteroatoms. The van der Waals surface area contributed by atoms with Gasteiger partial charge in [-0.25, -0.2) is 0 Å². The summed E-state index contributed by atoms with van der Waals surface area (Å²) in [4.78, 5) is 13.3. The second-order valence-electron chi connectivity index (χ2n) is 5.68. The molecule has 1 saturated heterocycles. The Labute approximate surface area is 115 Å². The molecule has 1 amide bonds. The van der Waals surface area contributed by atoms with Crippen molar-refractivity contribution < 1.29 is 4.79 Å². The first-order valence-corrected chi connectivity index (χ1v) is 7.20. The summed E-state index contributed by atoms with van der Waals surface area (Å²) in [6, 6.07) is 2.20. The second-order valence-corrected chi connectivity index (χ2v) is 5.68. The molecule has 0 radical (unpaired) electrons. The highest BCUT2D eigenvalue weighted by Crippen LogP contribution is 2.21. The molecule has 0 aromatic rings. The van der Waals surface area contributed by atoms with Crippen LogP contribution in [0.3, 0.4) is 0 Å². The molecule has 0 saturated carbocycles. The lowest BCUT2D eigenvalue weighted by atomic mass is 9.91. The Morgan fingerprint density at radius 1 is 1.47 bits per heavy atom. The van der Waals surface area contributed by atoms with Crippen LogP contribution >= 0.6 is 0 Å². The van der Waals surface area contributed by atoms with E-state index in [1.807, 2.05) is 6.92 Å². The molecule has 1 fully saturated rings. The van der Waals surface area contributed by atoms with Gasteiger partial charge in [-0.2, -0.15) is 5.26 Å². The van der Waals surface area contributed by atoms with Gasteiger partial charge >= 0.3 is 0 Å². The smallest absolute Gasteiger partial charge is 0.217 e. The molecule has 1 aliphatic rings. The first-order valence-electron chi connectivity index (χ1n) is 7.20. The highest BCUT2D eigenvalue weighted by Gasteiger charge is 2.23. The van der Waals surface area contributed by atoms with Crippen molar-refractivity contribution >= 4 is 5.91 Å². The van der Waals surface area contributed by atoms with E-state index in [0.717, 1.165) is 45.3 Å². The minimum atomic E-state index is -0.662. The van der Waals surface area contributed by atoms with Crippen molar-refractivity contribution in [2.45, 2.75) is 51.0 Å². The van der Waals surface area contributed by atoms with Crippen LogP contribution in [0, 0.1) is 17.2 Å². The van der Waals surface area contributed by atoms with Crippen LogP contribution in [0.5, 0.6) is 0 Å². The Bertz CT molecular complexity index is 331. The van der Waals surface area contributed by atoms with Gasteiger partial charge in [0.15, 0.2) is 0 Å². The molecule has 5 nitrogen and oxygen atoms in total. The predicted octanol–water partition coefficient (Wildman–Crippen LogP) is 0.985. The highest BCUT2D eigenvalue weighted by molar-refractivity contribution is 5.73. The van der Waals surface area contributed by atoms with Gasteiger partial charge in [0, 0.05) is 6.42 Å². The topological polar surface area (TPSA) is 96.1 Å². The number of nitriles is 1. The average Bonchev–Trinajstić information content (AvgIpc) is 2.40. The molecule has 4 N–H and O–H groups in total. The molecule has 1 aliphatic heterocycles. The number of rotatable bonds is 7. The van der Waals surface area contributed by atoms with E-state index in [4.69, 9.17) is 16.7 Å². The minimum absolute atomic E-state index is 0.191. The number of amides is 1. The van der Waals surface area contributed by atoms with Crippen molar-refractivity contribution in [1.82, 2.24) is 4.90 Å². The fourth-order valence-corrected chi connectivity index (χ4v) is 2.63. The number of hydrogen-bond donors (Lipinski definition) is 2. The summed E-state index contributed by atoms with van der Waals surface area (Å²) < 4.78 is 0. The summed E-state index contributed by atoms with van der Waals surface area (Å²) in [5.74, 6) is 0.264. The molecule has 1 atom stereocenters. The minimum Gasteiger partial charge on any atom is -0.370 e. The Morgan fingerprint density at radius 2 is 2.11 bits per heavy atom. The van der Waals surface area contributed by atoms with Crippen molar-refractivity contribution in [2.24, 2.45) is 17.4 Å². The number of nitrogens with zero attached hydrogens (tertiary/aromatic N) is 2. The van der Waals surface area contributed by atoms with Crippen LogP contribution in [0.15, 0.2) is 0 Å². The predicted molar refractivity (Wildman–Crippen MR) is 75.0 cm³/mol. The van der Waals surface area contributed by atoms with Crippen molar-refractivity contribution in [2.75, 3.05) is 19.6 Å². The molecule has 1 rings (SSSR count). The molecule has 108 valence electrons. The largest absolute Gasteiger partial charge is 0.370 e. The maximum Gasteiger partial charge on any atom is 0.217 e. The highest BCUT2D eigenvalue weighted by atomic mass is 16.1. The fourth-order valence-electron chi connectivity index (χ4n) is 2.63. The molecule has 0 bridgehead atoms. The number of hydrogen-bond acceptors (Lipinski definition) is 4. The van der Waals surface area contributed by atoms with E-state index >= 15 is 0 Å². The van der Waals surface area contributed by atoms with Gasteiger partial charge < -0.3 is 16.4 Å². The van der Waals surface area contributed by atoms with Crippen molar-refractivity contribution in [3.8, 4) is 6.07 Å². The Hall–Kier alpha value is -1.12. The van der Waals surface area contributed by atoms with Crippen molar-refractivity contribution in [1.29, 1.82) is 5.26 Å². The van der Waals surface area contributed by atoms with Crippen LogP contribution in [-0.2, 0) is 4.79 Å². The Balaban J connectivity index is 2.20. The van der Waals surface area contributed by atoms with Gasteiger partial charge in [0.25, 0.3) is 0 Å². The van der Waals surface area contributed by atoms with Gasteiger partial charge in [-0.05, 0) is 57.7 Å². The molecule has 0 aliphatic carbocycles. The maximum absolute atomic E-state index is 10.9. The van der Waals surface area contributed by atoms with E-state index < -0.39 is 5.54 Å². The zero-order chi connectivity index (χ0) is 14.3. The van der Waals surface area contributed by atoms with Crippen LogP contribution in [0.25, 0.3) is 0 Å². The normalized spacial score (nSPS) is 20.7. The third kappa shape index (κ3) is 5.58. The third-order valence-corrected chi connectivity index (χ3v) is 4.15. The fraction of sp³-hybridized carbons (Fsp3) is 0.857. The molecular weight excluding hydrogens is 240 g/mol. The molecule has 1 heterocycles. The Morgan fingerprint density at radius 3 is 2.58 bits per heavy atom. The van der Waals surface area contributed by atoms with E-state index in [2.05, 4.69) is 11.0 Å². The lowest BCUT2D eigenvalue weighted by Crippen LogP contribution is -2.39. The van der Waals surface area contributed by atoms with Gasteiger partial charge in [-0.1, -0.05) is 6.92 Å². The van der Waals surface area contributed by atoms with Crippen molar-refractivity contribution in [3.63, 3.8) is 0 Å². The number of primary amides is 1. The third-order valence-electron chi connectivity index (χ3n) is 4.15. The number of likely N-dealkylation sites (tertiary alicyclic amines) is 1. The van der Waals surface area contributed by atoms with Gasteiger partial charge in [0.05, 0.1) is 6.07 Å². The lowest BCUT2D eigenvalue weighted by Gasteiger charge is -2.32. The zero-order valence-corrected chi connectivity index (χ0v) is 11.9. The summed E-state index contributed by atoms with van der Waals surface area (Å²) in [6.45, 7) is 4.99. The molecule has 19 heavy (non-hydrogen) atoms. The molecule has 0 aromatic carbocycles. The van der Waals surface area contributed by atoms with E-state index in [1.54, 1.807) is 0 Å². The van der Waals surface area contributed by atoms with E-state index in [1.165, 1.54) is 0 Å². The molecule has 0 aromatic heterocycles. The van der Waals surface area contributed by atoms with Crippen LogP contribution in [0.1, 0.15) is 45.4 Å². The number of piperidine rings is 1. The quantitative estimate of drug-likeness (QED) is 0.718. The standard InChI is InChI=1S/C14H26N4O/c1-2-14(17,11-15)6-3-7-18-8-4-12(5-9-18)10-13(16)19/h12H,2-10,17H2,1H3,(H2,16,19). The molecule has 0 spiro atoms. The summed E-state index contributed by atoms with van der Waals surface area (Å²) in [5, 5.41) is 9.01. The summed E-state index contributed by atoms with van der Waals surface area (Å²) >= 11 is 0. The Kier molecular flexibility index (Phi) is 6.26. The first-order chi connectivity index (χ1) is 8.99. The molecular formula is C14H26N4O. The molecule has 1 unspecified atom stereocenters. The second kappa shape index (κ2) is 7.46.